The van der Waals surface area contributed by atoms with Gasteiger partial charge in [-0.3, -0.25) is 96.5 Å². The second-order valence-electron chi connectivity index (χ2n) is 35.1. The maximum absolute atomic E-state index is 14.8. The van der Waals surface area contributed by atoms with Crippen LogP contribution in [0.15, 0.2) is 72.8 Å². The Kier molecular flexibility index (Phi) is 45.8. The van der Waals surface area contributed by atoms with E-state index in [9.17, 15) is 132 Å². The van der Waals surface area contributed by atoms with Crippen molar-refractivity contribution >= 4 is 124 Å². The SMILES string of the molecule is CC(C)C[C@H](NC(=O)[C@H](CCC(=O)O)NC(=O)CN)C(=O)NCC(=O)N[C@@H](CCCNC(=N)N)C(=O)N1CCC[C@H]1C(=O)N[C@H](C(=O)N[C@@H](Cc1ccc(O)cc1)C(=O)N[C@H](C(=O)N[C@@H](CC(C)C)C(=O)NCC(=O)N[C@@H](CC(=O)O)C(=O)N1CCC[C@H]1C(=O)NCC(=O)N[C@@H](Cc1ccc(O)cc1)C(=O)N[C@@H](Cc1ccc(O)cc1)C(=O)N[C@@H](C)C(=O)N[C@H](C(=O)O)[C@@H](C)O)C(C)C)C(C)C. The van der Waals surface area contributed by atoms with E-state index in [2.05, 4.69) is 85.1 Å². The van der Waals surface area contributed by atoms with Gasteiger partial charge in [-0.1, -0.05) is 91.8 Å². The summed E-state index contributed by atoms with van der Waals surface area (Å²) in [5.74, 6) is -23.2. The fraction of sp³-hybridized carbons (Fsp3) is 0.562. The molecule has 5 rings (SSSR count). The lowest BCUT2D eigenvalue weighted by Gasteiger charge is -2.31. The molecule has 3 aromatic rings. The number of rotatable bonds is 55. The highest BCUT2D eigenvalue weighted by Gasteiger charge is 2.44. The van der Waals surface area contributed by atoms with Crippen LogP contribution in [0.5, 0.6) is 17.2 Å². The van der Waals surface area contributed by atoms with Gasteiger partial charge in [0.25, 0.3) is 0 Å². The summed E-state index contributed by atoms with van der Waals surface area (Å²) >= 11 is 0. The van der Waals surface area contributed by atoms with Crippen LogP contribution in [0.2, 0.25) is 0 Å². The fourth-order valence-corrected chi connectivity index (χ4v) is 14.9. The molecule has 0 saturated carbocycles. The number of aliphatic carboxylic acids is 3. The second kappa shape index (κ2) is 55.5. The Bertz CT molecular complexity index is 4750. The Labute approximate surface area is 790 Å². The number of carbonyl (C=O) groups is 20. The first kappa shape index (κ1) is 113. The molecule has 28 N–H and O–H groups in total. The Hall–Kier alpha value is -14.4. The fourth-order valence-electron chi connectivity index (χ4n) is 14.9. The van der Waals surface area contributed by atoms with E-state index in [1.54, 1.807) is 55.4 Å². The Morgan fingerprint density at radius 1 is 0.394 bits per heavy atom. The Morgan fingerprint density at radius 2 is 0.766 bits per heavy atom. The van der Waals surface area contributed by atoms with Gasteiger partial charge in [-0.25, -0.2) is 4.79 Å². The lowest BCUT2D eigenvalue weighted by molar-refractivity contribution is -0.146. The van der Waals surface area contributed by atoms with Gasteiger partial charge < -0.3 is 142 Å². The van der Waals surface area contributed by atoms with E-state index in [0.29, 0.717) is 16.7 Å². The number of nitrogens with zero attached hydrogens (tertiary/aromatic N) is 2. The van der Waals surface area contributed by atoms with E-state index < -0.39 is 266 Å². The van der Waals surface area contributed by atoms with Crippen molar-refractivity contribution in [2.45, 2.75) is 250 Å². The monoisotopic (exact) mass is 1930 g/mol. The average molecular weight is 1930 g/mol. The highest BCUT2D eigenvalue weighted by atomic mass is 16.4. The van der Waals surface area contributed by atoms with Gasteiger partial charge in [0, 0.05) is 45.3 Å². The number of hydrogen-bond acceptors (Lipinski definition) is 26. The molecule has 0 aliphatic carbocycles. The van der Waals surface area contributed by atoms with Gasteiger partial charge in [-0.2, -0.15) is 0 Å². The van der Waals surface area contributed by atoms with E-state index in [4.69, 9.17) is 16.9 Å². The van der Waals surface area contributed by atoms with E-state index in [1.165, 1.54) is 84.6 Å². The van der Waals surface area contributed by atoms with Crippen molar-refractivity contribution in [3.8, 4) is 17.2 Å². The number of aromatic hydroxyl groups is 3. The van der Waals surface area contributed by atoms with E-state index in [1.807, 2.05) is 0 Å². The number of hydrogen-bond donors (Lipinski definition) is 26. The first-order valence-electron chi connectivity index (χ1n) is 45.0. The van der Waals surface area contributed by atoms with Gasteiger partial charge in [0.2, 0.25) is 100 Å². The minimum atomic E-state index is -1.88. The zero-order chi connectivity index (χ0) is 102. The maximum Gasteiger partial charge on any atom is 0.328 e. The number of amides is 17. The summed E-state index contributed by atoms with van der Waals surface area (Å²) in [4.78, 5) is 276. The number of carboxylic acid groups (broad SMARTS) is 3. The lowest BCUT2D eigenvalue weighted by atomic mass is 9.98. The van der Waals surface area contributed by atoms with Crippen molar-refractivity contribution in [1.82, 2.24) is 94.9 Å². The zero-order valence-electron chi connectivity index (χ0n) is 78.1. The summed E-state index contributed by atoms with van der Waals surface area (Å²) in [6.07, 6.45) is -3.94. The smallest absolute Gasteiger partial charge is 0.328 e. The summed E-state index contributed by atoms with van der Waals surface area (Å²) in [5.41, 5.74) is 12.0. The summed E-state index contributed by atoms with van der Waals surface area (Å²) in [5, 5.41) is 116. The third-order valence-electron chi connectivity index (χ3n) is 22.1. The number of nitrogens with one attached hydrogen (secondary N) is 17. The van der Waals surface area contributed by atoms with Crippen molar-refractivity contribution < 1.29 is 132 Å². The summed E-state index contributed by atoms with van der Waals surface area (Å²) in [6, 6.07) is -4.38. The van der Waals surface area contributed by atoms with Crippen LogP contribution in [-0.2, 0) is 115 Å². The third kappa shape index (κ3) is 38.5. The first-order chi connectivity index (χ1) is 64.4. The molecule has 137 heavy (non-hydrogen) atoms. The number of aliphatic hydroxyl groups excluding tert-OH is 1. The molecule has 0 spiro atoms. The van der Waals surface area contributed by atoms with Gasteiger partial charge in [0.05, 0.1) is 38.7 Å². The maximum atomic E-state index is 14.8. The molecule has 48 nitrogen and oxygen atoms in total. The van der Waals surface area contributed by atoms with Crippen molar-refractivity contribution in [3.05, 3.63) is 89.5 Å². The zero-order valence-corrected chi connectivity index (χ0v) is 78.1. The van der Waals surface area contributed by atoms with E-state index in [0.717, 1.165) is 11.8 Å². The molecule has 2 saturated heterocycles. The molecule has 2 aliphatic heterocycles. The number of carboxylic acids is 3. The summed E-state index contributed by atoms with van der Waals surface area (Å²) in [7, 11) is 0. The topological polar surface area (TPSA) is 758 Å². The molecule has 2 aliphatic rings. The highest BCUT2D eigenvalue weighted by Crippen LogP contribution is 2.24. The Balaban J connectivity index is 1.27. The molecular formula is C89H131N21O27. The van der Waals surface area contributed by atoms with Crippen LogP contribution in [-0.4, -0.2) is 306 Å². The highest BCUT2D eigenvalue weighted by molar-refractivity contribution is 6.02. The number of likely N-dealkylation sites (tertiary alicyclic amines) is 2. The summed E-state index contributed by atoms with van der Waals surface area (Å²) in [6.45, 7) is 12.3. The molecule has 15 atom stereocenters. The van der Waals surface area contributed by atoms with Crippen molar-refractivity contribution in [1.29, 1.82) is 5.41 Å². The molecule has 0 unspecified atom stereocenters. The lowest BCUT2D eigenvalue weighted by Crippen LogP contribution is -2.61. The summed E-state index contributed by atoms with van der Waals surface area (Å²) < 4.78 is 0. The van der Waals surface area contributed by atoms with Crippen LogP contribution in [0.1, 0.15) is 157 Å². The molecule has 2 fully saturated rings. The number of guanidine groups is 1. The number of nitrogens with two attached hydrogens (primary N) is 2. The largest absolute Gasteiger partial charge is 0.508 e. The van der Waals surface area contributed by atoms with Crippen molar-refractivity contribution in [2.24, 2.45) is 35.1 Å². The first-order valence-corrected chi connectivity index (χ1v) is 45.0. The van der Waals surface area contributed by atoms with Gasteiger partial charge >= 0.3 is 17.9 Å². The molecule has 48 heteroatoms. The van der Waals surface area contributed by atoms with Crippen molar-refractivity contribution in [3.63, 3.8) is 0 Å². The average Bonchev–Trinajstić information content (AvgIpc) is 1.71. The van der Waals surface area contributed by atoms with Crippen LogP contribution in [0.25, 0.3) is 0 Å². The molecule has 0 aromatic heterocycles. The van der Waals surface area contributed by atoms with Gasteiger partial charge in [0.1, 0.15) is 95.8 Å². The van der Waals surface area contributed by atoms with Crippen LogP contribution in [0, 0.1) is 29.1 Å². The van der Waals surface area contributed by atoms with Gasteiger partial charge in [0.15, 0.2) is 12.0 Å². The van der Waals surface area contributed by atoms with Crippen LogP contribution >= 0.6 is 0 Å². The van der Waals surface area contributed by atoms with Gasteiger partial charge in [-0.15, -0.1) is 0 Å². The number of phenols is 3. The Morgan fingerprint density at radius 3 is 1.19 bits per heavy atom. The van der Waals surface area contributed by atoms with Crippen LogP contribution < -0.4 is 96.5 Å². The molecule has 0 radical (unpaired) electrons. The molecule has 17 amide bonds. The number of phenolic OH excluding ortho intramolecular Hbond substituents is 3. The predicted octanol–water partition coefficient (Wildman–Crippen LogP) is -5.57. The van der Waals surface area contributed by atoms with E-state index >= 15 is 0 Å². The second-order valence-corrected chi connectivity index (χ2v) is 35.1. The molecule has 3 aromatic carbocycles. The van der Waals surface area contributed by atoms with E-state index in [-0.39, 0.29) is 126 Å². The minimum absolute atomic E-state index is 0.0131. The van der Waals surface area contributed by atoms with Gasteiger partial charge in [-0.05, 0) is 148 Å². The minimum Gasteiger partial charge on any atom is -0.508 e. The quantitative estimate of drug-likeness (QED) is 0.0142. The molecule has 0 bridgehead atoms. The van der Waals surface area contributed by atoms with Crippen molar-refractivity contribution in [2.75, 3.05) is 45.8 Å². The molecule has 2 heterocycles. The number of benzene rings is 3. The normalized spacial score (nSPS) is 16.2. The van der Waals surface area contributed by atoms with Crippen LogP contribution in [0.3, 0.4) is 0 Å². The number of aliphatic hydroxyl groups is 1. The van der Waals surface area contributed by atoms with Crippen LogP contribution in [0.4, 0.5) is 0 Å². The number of carbonyl (C=O) groups excluding carboxylic acids is 17. The molecular weight excluding hydrogens is 1800 g/mol. The third-order valence-corrected chi connectivity index (χ3v) is 22.1. The predicted molar refractivity (Wildman–Crippen MR) is 488 cm³/mol. The standard InChI is InChI=1S/C89H131N21O27/c1-44(2)34-58(102-78(126)56(29-30-70(119)120)98-66(115)40-90)76(124)94-41-67(116)99-57(14-11-31-93-89(91)92)86(134)110-33-13-16-65(110)83(131)107-73(47(7)8)85(133)105-62(38-52-21-27-55(114)28-22-52)81(129)106-72(46(5)6)84(132)104-59(35-45(3)4)77(125)95-42-69(118)101-63(39-71(121)122)87(135)109-32-12-15-64(109)82(130)96-43-68(117)100-60(36-50-17-23-53(112)24-18-50)80(128)103-61(37-51-19-25-54(113)26-20-51)79(127)97-48(9)75(123)108-74(49(10)111)88(136)137/h17-28,44-49,56-65,72-74,111-114H,11-16,29-43,90H2,1-10H3,(H,94,124)(H,95,125)(H,96,130)(H,97,127)(H,98,115)(H,99,116)(H,100,117)(H,101,118)(H,102,126)(H,103,128)(H,104,132)(H,105,133)(H,106,129)(H,107,131)(H,108,123)(H,119,120)(H,121,122)(H,136,137)(H4,91,92,93)/t48-,49+,56-,57-,58-,59-,60-,61-,62-,63-,64-,65-,72-,73-,74-/m0/s1. The molecule has 754 valence electrons.